The van der Waals surface area contributed by atoms with Gasteiger partial charge in [-0.2, -0.15) is 0 Å². The topological polar surface area (TPSA) is 86.7 Å². The Hall–Kier alpha value is -3.84. The van der Waals surface area contributed by atoms with E-state index in [-0.39, 0.29) is 5.71 Å². The van der Waals surface area contributed by atoms with Gasteiger partial charge in [0.2, 0.25) is 0 Å². The summed E-state index contributed by atoms with van der Waals surface area (Å²) in [5.74, 6) is 1.72. The van der Waals surface area contributed by atoms with E-state index in [4.69, 9.17) is 14.9 Å². The number of ether oxygens (including phenoxy) is 2. The summed E-state index contributed by atoms with van der Waals surface area (Å²) in [6.07, 6.45) is 13.0. The van der Waals surface area contributed by atoms with Gasteiger partial charge in [-0.05, 0) is 92.7 Å². The highest BCUT2D eigenvalue weighted by Gasteiger charge is 2.18. The van der Waals surface area contributed by atoms with Crippen LogP contribution in [-0.4, -0.2) is 43.8 Å². The van der Waals surface area contributed by atoms with Gasteiger partial charge in [-0.25, -0.2) is 0 Å². The largest absolute Gasteiger partial charge is 0.493 e. The monoisotopic (exact) mass is 528 g/mol. The number of piperidine rings is 1. The molecule has 1 fully saturated rings. The van der Waals surface area contributed by atoms with Crippen LogP contribution >= 0.6 is 0 Å². The van der Waals surface area contributed by atoms with Gasteiger partial charge < -0.3 is 20.1 Å². The third-order valence-corrected chi connectivity index (χ3v) is 7.43. The smallest absolute Gasteiger partial charge is 0.273 e. The van der Waals surface area contributed by atoms with Crippen molar-refractivity contribution in [3.8, 4) is 11.5 Å². The van der Waals surface area contributed by atoms with Crippen LogP contribution in [0.15, 0.2) is 72.5 Å². The fourth-order valence-corrected chi connectivity index (χ4v) is 5.00. The maximum Gasteiger partial charge on any atom is 0.273 e. The third-order valence-electron chi connectivity index (χ3n) is 7.43. The highest BCUT2D eigenvalue weighted by atomic mass is 16.5. The highest BCUT2D eigenvalue weighted by Crippen LogP contribution is 2.30. The summed E-state index contributed by atoms with van der Waals surface area (Å²) in [6.45, 7) is 5.51. The van der Waals surface area contributed by atoms with E-state index in [2.05, 4.69) is 40.7 Å². The van der Waals surface area contributed by atoms with E-state index in [1.54, 1.807) is 20.3 Å². The summed E-state index contributed by atoms with van der Waals surface area (Å²) >= 11 is 0. The van der Waals surface area contributed by atoms with Gasteiger partial charge in [-0.15, -0.1) is 0 Å². The lowest BCUT2D eigenvalue weighted by Crippen LogP contribution is -2.32. The molecule has 1 saturated heterocycles. The minimum atomic E-state index is -0.437. The van der Waals surface area contributed by atoms with Crippen molar-refractivity contribution < 1.29 is 14.3 Å². The first-order chi connectivity index (χ1) is 19.0. The molecule has 0 aliphatic carbocycles. The third kappa shape index (κ3) is 7.83. The van der Waals surface area contributed by atoms with Crippen molar-refractivity contribution in [1.82, 2.24) is 10.2 Å². The summed E-state index contributed by atoms with van der Waals surface area (Å²) < 4.78 is 10.8. The molecule has 1 amide bonds. The van der Waals surface area contributed by atoms with Crippen LogP contribution in [0.25, 0.3) is 5.70 Å². The van der Waals surface area contributed by atoms with Crippen molar-refractivity contribution in [2.24, 2.45) is 5.92 Å². The maximum atomic E-state index is 12.8. The number of amides is 1. The second-order valence-corrected chi connectivity index (χ2v) is 10.1. The quantitative estimate of drug-likeness (QED) is 0.340. The van der Waals surface area contributed by atoms with Gasteiger partial charge in [0, 0.05) is 29.2 Å². The first-order valence-electron chi connectivity index (χ1n) is 13.8. The summed E-state index contributed by atoms with van der Waals surface area (Å²) in [5, 5.41) is 14.7. The van der Waals surface area contributed by atoms with E-state index in [9.17, 15) is 4.79 Å². The van der Waals surface area contributed by atoms with Crippen molar-refractivity contribution in [2.45, 2.75) is 45.6 Å². The fraction of sp³-hybridized carbons (Fsp3) is 0.375. The molecule has 0 saturated carbocycles. The van der Waals surface area contributed by atoms with Crippen LogP contribution in [0.3, 0.4) is 0 Å². The number of carbonyl (C=O) groups excluding carboxylic acids is 1. The molecule has 2 aliphatic heterocycles. The van der Waals surface area contributed by atoms with Gasteiger partial charge in [-0.3, -0.25) is 15.1 Å². The molecule has 0 aromatic heterocycles. The van der Waals surface area contributed by atoms with Crippen molar-refractivity contribution in [2.75, 3.05) is 32.6 Å². The predicted molar refractivity (Wildman–Crippen MR) is 158 cm³/mol. The van der Waals surface area contributed by atoms with Crippen LogP contribution in [-0.2, 0) is 11.3 Å². The number of likely N-dealkylation sites (tertiary alicyclic amines) is 1. The van der Waals surface area contributed by atoms with Gasteiger partial charge in [0.15, 0.2) is 11.5 Å². The molecule has 2 aliphatic rings. The number of nitrogens with zero attached hydrogens (tertiary/aromatic N) is 1. The zero-order valence-corrected chi connectivity index (χ0v) is 23.3. The van der Waals surface area contributed by atoms with Crippen molar-refractivity contribution in [3.05, 3.63) is 83.6 Å². The molecular weight excluding hydrogens is 488 g/mol. The molecule has 206 valence electrons. The Bertz CT molecular complexity index is 1240. The van der Waals surface area contributed by atoms with Crippen LogP contribution in [0.1, 0.15) is 50.2 Å². The van der Waals surface area contributed by atoms with Gasteiger partial charge in [0.25, 0.3) is 5.91 Å². The average Bonchev–Trinajstić information content (AvgIpc) is 2.95. The summed E-state index contributed by atoms with van der Waals surface area (Å²) in [5.41, 5.74) is 4.38. The van der Waals surface area contributed by atoms with Gasteiger partial charge in [-0.1, -0.05) is 37.6 Å². The van der Waals surface area contributed by atoms with Crippen molar-refractivity contribution >= 4 is 23.0 Å². The summed E-state index contributed by atoms with van der Waals surface area (Å²) in [7, 11) is 3.22. The number of allylic oxidation sites excluding steroid dienone is 4. The first kappa shape index (κ1) is 28.2. The van der Waals surface area contributed by atoms with E-state index in [0.29, 0.717) is 23.6 Å². The Morgan fingerprint density at radius 1 is 1.10 bits per heavy atom. The van der Waals surface area contributed by atoms with E-state index in [1.165, 1.54) is 24.8 Å². The van der Waals surface area contributed by atoms with Crippen LogP contribution in [0.2, 0.25) is 0 Å². The second kappa shape index (κ2) is 13.8. The minimum Gasteiger partial charge on any atom is -0.493 e. The van der Waals surface area contributed by atoms with Crippen LogP contribution in [0.4, 0.5) is 5.69 Å². The standard InChI is InChI=1S/C32H40N4O3/c1-4-23-16-18-36(19-17-23)22-24-10-13-26(14-11-24)35-32(37)28(33)21-27-8-6-5-7-9-29(34-27)25-12-15-30(38-2)31(20-25)39-3/h5,7,9-15,20-21,23,33-34H,4,6,8,16-19,22H2,1-3H3,(H,35,37)/b7-5-,27-21-,29-9-,33-28?. The first-order valence-corrected chi connectivity index (χ1v) is 13.8. The number of methoxy groups -OCH3 is 2. The highest BCUT2D eigenvalue weighted by molar-refractivity contribution is 6.46. The van der Waals surface area contributed by atoms with E-state index in [0.717, 1.165) is 48.9 Å². The molecule has 0 atom stereocenters. The SMILES string of the molecule is CCC1CCN(Cc2ccc(NC(=O)C(=N)/C=C3/CC/C=C\C=C(\c4ccc(OC)c(OC)c4)N3)cc2)CC1. The van der Waals surface area contributed by atoms with E-state index in [1.807, 2.05) is 42.5 Å². The Balaban J connectivity index is 1.37. The molecule has 2 heterocycles. The molecule has 4 rings (SSSR count). The number of hydrogen-bond donors (Lipinski definition) is 3. The normalized spacial score (nSPS) is 19.7. The van der Waals surface area contributed by atoms with Crippen molar-refractivity contribution in [1.29, 1.82) is 5.41 Å². The van der Waals surface area contributed by atoms with Crippen LogP contribution < -0.4 is 20.1 Å². The summed E-state index contributed by atoms with van der Waals surface area (Å²) in [4.78, 5) is 15.3. The fourth-order valence-electron chi connectivity index (χ4n) is 5.00. The molecule has 0 bridgehead atoms. The van der Waals surface area contributed by atoms with Gasteiger partial charge in [0.1, 0.15) is 5.71 Å². The molecule has 0 unspecified atom stereocenters. The van der Waals surface area contributed by atoms with Crippen molar-refractivity contribution in [3.63, 3.8) is 0 Å². The summed E-state index contributed by atoms with van der Waals surface area (Å²) in [6, 6.07) is 13.7. The lowest BCUT2D eigenvalue weighted by Gasteiger charge is -2.31. The number of carbonyl (C=O) groups is 1. The number of anilines is 1. The Morgan fingerprint density at radius 2 is 1.85 bits per heavy atom. The van der Waals surface area contributed by atoms with Gasteiger partial charge >= 0.3 is 0 Å². The molecule has 2 aromatic rings. The zero-order valence-electron chi connectivity index (χ0n) is 23.3. The Labute approximate surface area is 232 Å². The zero-order chi connectivity index (χ0) is 27.6. The minimum absolute atomic E-state index is 0.100. The molecule has 2 aromatic carbocycles. The molecular formula is C32H40N4O3. The number of hydrogen-bond acceptors (Lipinski definition) is 6. The molecule has 7 heteroatoms. The number of rotatable bonds is 9. The molecule has 3 N–H and O–H groups in total. The molecule has 0 spiro atoms. The average molecular weight is 529 g/mol. The van der Waals surface area contributed by atoms with E-state index < -0.39 is 5.91 Å². The Morgan fingerprint density at radius 3 is 2.54 bits per heavy atom. The lowest BCUT2D eigenvalue weighted by molar-refractivity contribution is -0.110. The molecule has 39 heavy (non-hydrogen) atoms. The number of benzene rings is 2. The predicted octanol–water partition coefficient (Wildman–Crippen LogP) is 6.15. The molecule has 0 radical (unpaired) electrons. The maximum absolute atomic E-state index is 12.8. The van der Waals surface area contributed by atoms with Crippen LogP contribution in [0.5, 0.6) is 11.5 Å². The Kier molecular flexibility index (Phi) is 9.97. The van der Waals surface area contributed by atoms with Gasteiger partial charge in [0.05, 0.1) is 14.2 Å². The number of nitrogens with one attached hydrogen (secondary N) is 3. The second-order valence-electron chi connectivity index (χ2n) is 10.1. The lowest BCUT2D eigenvalue weighted by atomic mass is 9.94. The van der Waals surface area contributed by atoms with Crippen LogP contribution in [0, 0.1) is 11.3 Å². The molecule has 7 nitrogen and oxygen atoms in total. The van der Waals surface area contributed by atoms with E-state index >= 15 is 0 Å².